The molecule has 88 valence electrons. The van der Waals surface area contributed by atoms with Gasteiger partial charge in [0.1, 0.15) is 0 Å². The molecule has 1 aromatic rings. The van der Waals surface area contributed by atoms with Crippen molar-refractivity contribution >= 4 is 33.6 Å². The first-order chi connectivity index (χ1) is 7.54. The number of hydrazine groups is 1. The zero-order chi connectivity index (χ0) is 12.1. The number of amides is 1. The average molecular weight is 303 g/mol. The fraction of sp³-hybridized carbons (Fsp3) is 0.364. The van der Waals surface area contributed by atoms with Crippen molar-refractivity contribution in [3.63, 3.8) is 0 Å². The van der Waals surface area contributed by atoms with Gasteiger partial charge in [0.05, 0.1) is 0 Å². The molecule has 0 saturated carbocycles. The molecule has 3 nitrogen and oxygen atoms in total. The first-order valence-electron chi connectivity index (χ1n) is 4.97. The second-order valence-corrected chi connectivity index (χ2v) is 5.94. The molecule has 0 aromatic heterocycles. The highest BCUT2D eigenvalue weighted by atomic mass is 79.9. The maximum atomic E-state index is 11.3. The molecule has 16 heavy (non-hydrogen) atoms. The fourth-order valence-electron chi connectivity index (χ4n) is 1.17. The number of carbonyl (C=O) groups is 1. The third-order valence-electron chi connectivity index (χ3n) is 2.40. The average Bonchev–Trinajstić information content (AvgIpc) is 2.30. The highest BCUT2D eigenvalue weighted by Crippen LogP contribution is 2.28. The SMILES string of the molecule is CC(Sc1ccc(Br)cc1)C(C)C(=O)NN. The number of nitrogens with two attached hydrogens (primary N) is 1. The van der Waals surface area contributed by atoms with Crippen molar-refractivity contribution in [2.24, 2.45) is 11.8 Å². The predicted octanol–water partition coefficient (Wildman–Crippen LogP) is 2.56. The van der Waals surface area contributed by atoms with Crippen LogP contribution < -0.4 is 11.3 Å². The smallest absolute Gasteiger partial charge is 0.237 e. The van der Waals surface area contributed by atoms with Gasteiger partial charge in [-0.05, 0) is 24.3 Å². The van der Waals surface area contributed by atoms with E-state index in [9.17, 15) is 4.79 Å². The van der Waals surface area contributed by atoms with Crippen molar-refractivity contribution in [3.8, 4) is 0 Å². The van der Waals surface area contributed by atoms with Crippen LogP contribution in [0.25, 0.3) is 0 Å². The number of nitrogens with one attached hydrogen (secondary N) is 1. The van der Waals surface area contributed by atoms with E-state index < -0.39 is 0 Å². The molecule has 0 saturated heterocycles. The van der Waals surface area contributed by atoms with Crippen molar-refractivity contribution in [1.29, 1.82) is 0 Å². The number of benzene rings is 1. The molecular formula is C11H15BrN2OS. The summed E-state index contributed by atoms with van der Waals surface area (Å²) in [7, 11) is 0. The number of rotatable bonds is 4. The van der Waals surface area contributed by atoms with Gasteiger partial charge in [0.2, 0.25) is 5.91 Å². The summed E-state index contributed by atoms with van der Waals surface area (Å²) >= 11 is 5.05. The van der Waals surface area contributed by atoms with Gasteiger partial charge in [-0.3, -0.25) is 10.2 Å². The van der Waals surface area contributed by atoms with Crippen molar-refractivity contribution in [1.82, 2.24) is 5.43 Å². The Bertz CT molecular complexity index is 356. The van der Waals surface area contributed by atoms with Crippen molar-refractivity contribution < 1.29 is 4.79 Å². The van der Waals surface area contributed by atoms with Crippen LogP contribution in [0.1, 0.15) is 13.8 Å². The Hall–Kier alpha value is -0.520. The van der Waals surface area contributed by atoms with Gasteiger partial charge in [0, 0.05) is 20.5 Å². The first kappa shape index (κ1) is 13.5. The minimum atomic E-state index is -0.128. The zero-order valence-corrected chi connectivity index (χ0v) is 11.6. The molecule has 0 heterocycles. The Balaban J connectivity index is 2.60. The summed E-state index contributed by atoms with van der Waals surface area (Å²) < 4.78 is 1.05. The predicted molar refractivity (Wildman–Crippen MR) is 71.0 cm³/mol. The normalized spacial score (nSPS) is 14.2. The Kier molecular flexibility index (Phi) is 5.31. The van der Waals surface area contributed by atoms with Crippen LogP contribution in [-0.4, -0.2) is 11.2 Å². The maximum Gasteiger partial charge on any atom is 0.237 e. The Morgan fingerprint density at radius 2 is 1.94 bits per heavy atom. The molecule has 0 radical (unpaired) electrons. The second kappa shape index (κ2) is 6.27. The van der Waals surface area contributed by atoms with E-state index in [1.165, 1.54) is 0 Å². The Labute approximate surface area is 108 Å². The Morgan fingerprint density at radius 1 is 1.38 bits per heavy atom. The van der Waals surface area contributed by atoms with Crippen LogP contribution in [-0.2, 0) is 4.79 Å². The zero-order valence-electron chi connectivity index (χ0n) is 9.24. The second-order valence-electron chi connectivity index (χ2n) is 3.57. The van der Waals surface area contributed by atoms with Crippen LogP contribution >= 0.6 is 27.7 Å². The molecule has 2 unspecified atom stereocenters. The molecule has 0 aliphatic rings. The summed E-state index contributed by atoms with van der Waals surface area (Å²) in [4.78, 5) is 12.5. The molecule has 1 amide bonds. The van der Waals surface area contributed by atoms with E-state index in [-0.39, 0.29) is 17.1 Å². The number of hydrogen-bond acceptors (Lipinski definition) is 3. The molecule has 1 aromatic carbocycles. The van der Waals surface area contributed by atoms with Crippen LogP contribution in [0.5, 0.6) is 0 Å². The molecule has 3 N–H and O–H groups in total. The van der Waals surface area contributed by atoms with E-state index in [1.54, 1.807) is 11.8 Å². The molecule has 0 aliphatic heterocycles. The molecule has 5 heteroatoms. The minimum Gasteiger partial charge on any atom is -0.294 e. The topological polar surface area (TPSA) is 55.1 Å². The van der Waals surface area contributed by atoms with Gasteiger partial charge in [-0.25, -0.2) is 5.84 Å². The van der Waals surface area contributed by atoms with E-state index in [4.69, 9.17) is 5.84 Å². The number of hydrogen-bond donors (Lipinski definition) is 2. The van der Waals surface area contributed by atoms with E-state index in [0.29, 0.717) is 0 Å². The molecular weight excluding hydrogens is 288 g/mol. The standard InChI is InChI=1S/C11H15BrN2OS/c1-7(11(15)14-13)8(2)16-10-5-3-9(12)4-6-10/h3-8H,13H2,1-2H3,(H,14,15). The monoisotopic (exact) mass is 302 g/mol. The summed E-state index contributed by atoms with van der Waals surface area (Å²) in [6, 6.07) is 8.03. The van der Waals surface area contributed by atoms with Gasteiger partial charge >= 0.3 is 0 Å². The van der Waals surface area contributed by atoms with Crippen molar-refractivity contribution in [2.75, 3.05) is 0 Å². The third kappa shape index (κ3) is 3.81. The van der Waals surface area contributed by atoms with Gasteiger partial charge in [-0.1, -0.05) is 29.8 Å². The molecule has 1 rings (SSSR count). The van der Waals surface area contributed by atoms with Crippen LogP contribution in [0.3, 0.4) is 0 Å². The van der Waals surface area contributed by atoms with E-state index in [2.05, 4.69) is 21.4 Å². The molecule has 0 aliphatic carbocycles. The van der Waals surface area contributed by atoms with E-state index in [0.717, 1.165) is 9.37 Å². The number of thioether (sulfide) groups is 1. The fourth-order valence-corrected chi connectivity index (χ4v) is 2.49. The lowest BCUT2D eigenvalue weighted by atomic mass is 10.1. The first-order valence-corrected chi connectivity index (χ1v) is 6.64. The lowest BCUT2D eigenvalue weighted by molar-refractivity contribution is -0.124. The van der Waals surface area contributed by atoms with Gasteiger partial charge in [0.25, 0.3) is 0 Å². The number of carbonyl (C=O) groups excluding carboxylic acids is 1. The molecule has 2 atom stereocenters. The van der Waals surface area contributed by atoms with Gasteiger partial charge in [0.15, 0.2) is 0 Å². The Morgan fingerprint density at radius 3 is 2.44 bits per heavy atom. The van der Waals surface area contributed by atoms with E-state index in [1.807, 2.05) is 38.1 Å². The van der Waals surface area contributed by atoms with Gasteiger partial charge < -0.3 is 0 Å². The summed E-state index contributed by atoms with van der Waals surface area (Å²) in [5, 5.41) is 0.185. The van der Waals surface area contributed by atoms with Crippen LogP contribution in [0.4, 0.5) is 0 Å². The van der Waals surface area contributed by atoms with E-state index >= 15 is 0 Å². The van der Waals surface area contributed by atoms with Gasteiger partial charge in [-0.2, -0.15) is 0 Å². The van der Waals surface area contributed by atoms with Crippen LogP contribution in [0.2, 0.25) is 0 Å². The summed E-state index contributed by atoms with van der Waals surface area (Å²) in [6.45, 7) is 3.89. The largest absolute Gasteiger partial charge is 0.294 e. The summed E-state index contributed by atoms with van der Waals surface area (Å²) in [6.07, 6.45) is 0. The highest BCUT2D eigenvalue weighted by molar-refractivity contribution is 9.10. The molecule has 0 spiro atoms. The van der Waals surface area contributed by atoms with Crippen molar-refractivity contribution in [3.05, 3.63) is 28.7 Å². The van der Waals surface area contributed by atoms with Gasteiger partial charge in [-0.15, -0.1) is 11.8 Å². The summed E-state index contributed by atoms with van der Waals surface area (Å²) in [5.41, 5.74) is 2.18. The molecule has 0 fully saturated rings. The highest BCUT2D eigenvalue weighted by Gasteiger charge is 2.20. The van der Waals surface area contributed by atoms with Crippen LogP contribution in [0.15, 0.2) is 33.6 Å². The molecule has 0 bridgehead atoms. The quantitative estimate of drug-likeness (QED) is 0.389. The lowest BCUT2D eigenvalue weighted by Crippen LogP contribution is -2.38. The summed E-state index contributed by atoms with van der Waals surface area (Å²) in [5.74, 6) is 4.87. The number of halogens is 1. The minimum absolute atomic E-state index is 0.112. The third-order valence-corrected chi connectivity index (χ3v) is 4.25. The lowest BCUT2D eigenvalue weighted by Gasteiger charge is -2.17. The maximum absolute atomic E-state index is 11.3. The van der Waals surface area contributed by atoms with Crippen molar-refractivity contribution in [2.45, 2.75) is 24.0 Å². The van der Waals surface area contributed by atoms with Crippen LogP contribution in [0, 0.1) is 5.92 Å².